The molecule has 1 aromatic heterocycles. The Morgan fingerprint density at radius 2 is 1.85 bits per heavy atom. The van der Waals surface area contributed by atoms with Crippen LogP contribution in [0, 0.1) is 5.82 Å². The number of piperazine rings is 1. The Balaban J connectivity index is 1.28. The van der Waals surface area contributed by atoms with Crippen LogP contribution in [0.25, 0.3) is 0 Å². The van der Waals surface area contributed by atoms with Crippen LogP contribution in [0.4, 0.5) is 10.1 Å². The number of aromatic amines is 1. The van der Waals surface area contributed by atoms with E-state index in [-0.39, 0.29) is 42.3 Å². The van der Waals surface area contributed by atoms with E-state index >= 15 is 4.39 Å². The molecule has 0 radical (unpaired) electrons. The molecule has 2 saturated heterocycles. The number of rotatable bonds is 4. The molecule has 5 rings (SSSR count). The summed E-state index contributed by atoms with van der Waals surface area (Å²) in [5.74, 6) is -1.69. The first-order valence-electron chi connectivity index (χ1n) is 11.0. The average molecular weight is 453 g/mol. The van der Waals surface area contributed by atoms with E-state index in [0.29, 0.717) is 49.5 Å². The predicted molar refractivity (Wildman–Crippen MR) is 117 cm³/mol. The zero-order valence-corrected chi connectivity index (χ0v) is 18.0. The van der Waals surface area contributed by atoms with Gasteiger partial charge in [-0.15, -0.1) is 0 Å². The van der Waals surface area contributed by atoms with E-state index in [1.54, 1.807) is 24.4 Å². The first-order chi connectivity index (χ1) is 15.9. The van der Waals surface area contributed by atoms with Crippen molar-refractivity contribution in [2.45, 2.75) is 32.0 Å². The van der Waals surface area contributed by atoms with Crippen LogP contribution in [0.1, 0.15) is 34.3 Å². The van der Waals surface area contributed by atoms with Gasteiger partial charge in [0.05, 0.1) is 5.69 Å². The molecule has 33 heavy (non-hydrogen) atoms. The first-order valence-corrected chi connectivity index (χ1v) is 11.0. The highest BCUT2D eigenvalue weighted by Gasteiger charge is 2.39. The molecule has 0 spiro atoms. The number of carbonyl (C=O) groups excluding carboxylic acids is 3. The SMILES string of the molecule is O=C1CCC(N2Cc3cc(N4CCN(Cc5ccc[nH]c5=O)CC4)c(F)cc3C2=O)C(=O)N1. The first kappa shape index (κ1) is 21.3. The molecule has 9 nitrogen and oxygen atoms in total. The van der Waals surface area contributed by atoms with E-state index in [9.17, 15) is 19.2 Å². The highest BCUT2D eigenvalue weighted by molar-refractivity contribution is 6.05. The summed E-state index contributed by atoms with van der Waals surface area (Å²) in [6, 6.07) is 5.84. The third kappa shape index (κ3) is 4.02. The molecule has 3 amide bonds. The van der Waals surface area contributed by atoms with Crippen LogP contribution in [0.3, 0.4) is 0 Å². The number of amides is 3. The number of pyridine rings is 1. The van der Waals surface area contributed by atoms with E-state index in [0.717, 1.165) is 0 Å². The molecule has 0 aliphatic carbocycles. The maximum absolute atomic E-state index is 15.0. The average Bonchev–Trinajstić information content (AvgIpc) is 3.11. The van der Waals surface area contributed by atoms with E-state index in [4.69, 9.17) is 0 Å². The maximum Gasteiger partial charge on any atom is 0.255 e. The lowest BCUT2D eigenvalue weighted by Gasteiger charge is -2.36. The van der Waals surface area contributed by atoms with Crippen molar-refractivity contribution in [3.63, 3.8) is 0 Å². The van der Waals surface area contributed by atoms with Gasteiger partial charge in [-0.05, 0) is 30.2 Å². The smallest absolute Gasteiger partial charge is 0.255 e. The molecule has 10 heteroatoms. The number of anilines is 1. The number of hydrogen-bond donors (Lipinski definition) is 2. The van der Waals surface area contributed by atoms with Crippen molar-refractivity contribution >= 4 is 23.4 Å². The Labute approximate surface area is 189 Å². The van der Waals surface area contributed by atoms with Gasteiger partial charge in [0.25, 0.3) is 11.5 Å². The van der Waals surface area contributed by atoms with E-state index < -0.39 is 17.8 Å². The predicted octanol–water partition coefficient (Wildman–Crippen LogP) is 0.597. The van der Waals surface area contributed by atoms with Gasteiger partial charge in [0.2, 0.25) is 11.8 Å². The highest BCUT2D eigenvalue weighted by atomic mass is 19.1. The Kier molecular flexibility index (Phi) is 5.45. The number of halogens is 1. The highest BCUT2D eigenvalue weighted by Crippen LogP contribution is 2.33. The number of aromatic nitrogens is 1. The number of carbonyl (C=O) groups is 3. The van der Waals surface area contributed by atoms with Gasteiger partial charge >= 0.3 is 0 Å². The molecular formula is C23H24FN5O4. The summed E-state index contributed by atoms with van der Waals surface area (Å²) in [4.78, 5) is 56.6. The lowest BCUT2D eigenvalue weighted by molar-refractivity contribution is -0.136. The Morgan fingerprint density at radius 3 is 2.58 bits per heavy atom. The van der Waals surface area contributed by atoms with Gasteiger partial charge in [0.1, 0.15) is 11.9 Å². The molecule has 1 unspecified atom stereocenters. The van der Waals surface area contributed by atoms with Gasteiger partial charge in [-0.25, -0.2) is 4.39 Å². The van der Waals surface area contributed by atoms with Crippen molar-refractivity contribution in [2.75, 3.05) is 31.1 Å². The van der Waals surface area contributed by atoms with Crippen LogP contribution < -0.4 is 15.8 Å². The van der Waals surface area contributed by atoms with Crippen molar-refractivity contribution in [1.29, 1.82) is 0 Å². The molecule has 3 aliphatic rings. The number of hydrogen-bond acceptors (Lipinski definition) is 6. The molecule has 1 atom stereocenters. The van der Waals surface area contributed by atoms with Crippen molar-refractivity contribution in [3.05, 3.63) is 63.3 Å². The fourth-order valence-electron chi connectivity index (χ4n) is 4.79. The number of piperidine rings is 1. The third-order valence-electron chi connectivity index (χ3n) is 6.60. The molecule has 0 saturated carbocycles. The molecule has 2 fully saturated rings. The fourth-order valence-corrected chi connectivity index (χ4v) is 4.79. The standard InChI is InChI=1S/C23H24FN5O4/c24-17-11-16-15(13-29(23(16)33)18-3-4-20(30)26-22(18)32)10-19(17)28-8-6-27(7-9-28)12-14-2-1-5-25-21(14)31/h1-2,5,10-11,18H,3-4,6-9,12-13H2,(H,25,31)(H,26,30,32). The number of H-pyrrole nitrogens is 1. The van der Waals surface area contributed by atoms with Gasteiger partial charge in [-0.3, -0.25) is 29.4 Å². The van der Waals surface area contributed by atoms with Crippen molar-refractivity contribution in [2.24, 2.45) is 0 Å². The Morgan fingerprint density at radius 1 is 1.06 bits per heavy atom. The molecule has 172 valence electrons. The van der Waals surface area contributed by atoms with Gasteiger partial charge in [-0.2, -0.15) is 0 Å². The number of nitrogens with one attached hydrogen (secondary N) is 2. The van der Waals surface area contributed by atoms with Gasteiger partial charge in [0, 0.05) is 63.0 Å². The van der Waals surface area contributed by atoms with Gasteiger partial charge in [-0.1, -0.05) is 6.07 Å². The second-order valence-corrected chi connectivity index (χ2v) is 8.65. The van der Waals surface area contributed by atoms with E-state index in [1.165, 1.54) is 11.0 Å². The van der Waals surface area contributed by atoms with Crippen LogP contribution in [-0.4, -0.2) is 64.7 Å². The van der Waals surface area contributed by atoms with Crippen LogP contribution in [0.5, 0.6) is 0 Å². The van der Waals surface area contributed by atoms with Crippen molar-refractivity contribution in [1.82, 2.24) is 20.1 Å². The lowest BCUT2D eigenvalue weighted by atomic mass is 10.0. The van der Waals surface area contributed by atoms with Crippen LogP contribution >= 0.6 is 0 Å². The minimum Gasteiger partial charge on any atom is -0.367 e. The summed E-state index contributed by atoms with van der Waals surface area (Å²) in [6.45, 7) is 3.27. The summed E-state index contributed by atoms with van der Waals surface area (Å²) in [5, 5.41) is 2.27. The third-order valence-corrected chi connectivity index (χ3v) is 6.60. The van der Waals surface area contributed by atoms with Crippen molar-refractivity contribution < 1.29 is 18.8 Å². The normalized spacial score (nSPS) is 21.4. The lowest BCUT2D eigenvalue weighted by Crippen LogP contribution is -2.52. The number of fused-ring (bicyclic) bond motifs is 1. The number of imide groups is 1. The van der Waals surface area contributed by atoms with E-state index in [2.05, 4.69) is 15.2 Å². The van der Waals surface area contributed by atoms with Crippen LogP contribution in [0.2, 0.25) is 0 Å². The molecule has 4 heterocycles. The van der Waals surface area contributed by atoms with Gasteiger partial charge < -0.3 is 14.8 Å². The van der Waals surface area contributed by atoms with Crippen molar-refractivity contribution in [3.8, 4) is 0 Å². The van der Waals surface area contributed by atoms with Crippen LogP contribution in [-0.2, 0) is 22.7 Å². The van der Waals surface area contributed by atoms with Crippen LogP contribution in [0.15, 0.2) is 35.3 Å². The van der Waals surface area contributed by atoms with E-state index in [1.807, 2.05) is 4.90 Å². The summed E-state index contributed by atoms with van der Waals surface area (Å²) in [5.41, 5.74) is 1.97. The zero-order valence-electron chi connectivity index (χ0n) is 18.0. The maximum atomic E-state index is 15.0. The zero-order chi connectivity index (χ0) is 23.1. The molecule has 3 aliphatic heterocycles. The second kappa shape index (κ2) is 8.43. The topological polar surface area (TPSA) is 106 Å². The minimum absolute atomic E-state index is 0.102. The van der Waals surface area contributed by atoms with Gasteiger partial charge in [0.15, 0.2) is 0 Å². The second-order valence-electron chi connectivity index (χ2n) is 8.65. The monoisotopic (exact) mass is 453 g/mol. The number of nitrogens with zero attached hydrogens (tertiary/aromatic N) is 3. The molecule has 0 bridgehead atoms. The largest absolute Gasteiger partial charge is 0.367 e. The fraction of sp³-hybridized carbons (Fsp3) is 0.391. The minimum atomic E-state index is -0.723. The summed E-state index contributed by atoms with van der Waals surface area (Å²) < 4.78 is 15.0. The summed E-state index contributed by atoms with van der Waals surface area (Å²) in [7, 11) is 0. The Bertz CT molecular complexity index is 1190. The summed E-state index contributed by atoms with van der Waals surface area (Å²) >= 11 is 0. The summed E-state index contributed by atoms with van der Waals surface area (Å²) in [6.07, 6.45) is 2.05. The molecule has 1 aromatic carbocycles. The molecule has 2 N–H and O–H groups in total. The molecule has 2 aromatic rings. The quantitative estimate of drug-likeness (QED) is 0.657. The number of benzene rings is 1. The Hall–Kier alpha value is -3.53. The molecular weight excluding hydrogens is 429 g/mol.